The minimum atomic E-state index is -0.412. The van der Waals surface area contributed by atoms with E-state index in [4.69, 9.17) is 5.73 Å². The Balaban J connectivity index is 2.27. The van der Waals surface area contributed by atoms with Gasteiger partial charge in [-0.2, -0.15) is 0 Å². The van der Waals surface area contributed by atoms with Crippen molar-refractivity contribution in [1.82, 2.24) is 10.2 Å². The van der Waals surface area contributed by atoms with Crippen LogP contribution in [-0.4, -0.2) is 41.9 Å². The van der Waals surface area contributed by atoms with Crippen LogP contribution in [0, 0.1) is 0 Å². The molecular weight excluding hydrogens is 194 g/mol. The number of likely N-dealkylation sites (tertiary alicyclic amines) is 1. The molecule has 1 aliphatic heterocycles. The second-order valence-electron chi connectivity index (χ2n) is 4.68. The standard InChI is InChI=1S/C10H19N3O2/c1-10(2,11)7-12-8(14)6-13-5-3-4-9(13)15/h3-7,11H2,1-2H3,(H,12,14). The van der Waals surface area contributed by atoms with Crippen molar-refractivity contribution in [2.45, 2.75) is 32.2 Å². The molecule has 1 saturated heterocycles. The van der Waals surface area contributed by atoms with E-state index in [1.807, 2.05) is 13.8 Å². The summed E-state index contributed by atoms with van der Waals surface area (Å²) in [6.07, 6.45) is 1.42. The van der Waals surface area contributed by atoms with Crippen LogP contribution in [0.3, 0.4) is 0 Å². The molecule has 0 aromatic rings. The zero-order valence-electron chi connectivity index (χ0n) is 9.38. The molecule has 5 nitrogen and oxygen atoms in total. The van der Waals surface area contributed by atoms with Crippen LogP contribution in [0.1, 0.15) is 26.7 Å². The second-order valence-corrected chi connectivity index (χ2v) is 4.68. The first-order valence-electron chi connectivity index (χ1n) is 5.22. The summed E-state index contributed by atoms with van der Waals surface area (Å²) in [5, 5.41) is 2.71. The molecule has 0 aliphatic carbocycles. The number of nitrogens with two attached hydrogens (primary N) is 1. The van der Waals surface area contributed by atoms with Crippen LogP contribution in [0.5, 0.6) is 0 Å². The normalized spacial score (nSPS) is 17.0. The van der Waals surface area contributed by atoms with Gasteiger partial charge in [-0.3, -0.25) is 9.59 Å². The Morgan fingerprint density at radius 1 is 1.60 bits per heavy atom. The number of rotatable bonds is 4. The van der Waals surface area contributed by atoms with Gasteiger partial charge in [0.15, 0.2) is 0 Å². The molecule has 0 bridgehead atoms. The monoisotopic (exact) mass is 213 g/mol. The summed E-state index contributed by atoms with van der Waals surface area (Å²) in [5.41, 5.74) is 5.31. The number of hydrogen-bond acceptors (Lipinski definition) is 3. The summed E-state index contributed by atoms with van der Waals surface area (Å²) >= 11 is 0. The second kappa shape index (κ2) is 4.61. The maximum atomic E-state index is 11.4. The molecule has 1 heterocycles. The largest absolute Gasteiger partial charge is 0.353 e. The Labute approximate surface area is 90.0 Å². The number of amides is 2. The lowest BCUT2D eigenvalue weighted by Gasteiger charge is -2.20. The molecule has 0 saturated carbocycles. The van der Waals surface area contributed by atoms with Gasteiger partial charge >= 0.3 is 0 Å². The molecule has 0 unspecified atom stereocenters. The van der Waals surface area contributed by atoms with Gasteiger partial charge in [0.25, 0.3) is 0 Å². The first-order valence-corrected chi connectivity index (χ1v) is 5.22. The predicted octanol–water partition coefficient (Wildman–Crippen LogP) is -0.538. The Bertz CT molecular complexity index is 258. The number of nitrogens with zero attached hydrogens (tertiary/aromatic N) is 1. The lowest BCUT2D eigenvalue weighted by molar-refractivity contribution is -0.133. The van der Waals surface area contributed by atoms with E-state index in [0.717, 1.165) is 6.42 Å². The van der Waals surface area contributed by atoms with Crippen molar-refractivity contribution in [3.05, 3.63) is 0 Å². The average Bonchev–Trinajstić information content (AvgIpc) is 2.47. The Kier molecular flexibility index (Phi) is 3.68. The van der Waals surface area contributed by atoms with Crippen LogP contribution in [0.2, 0.25) is 0 Å². The molecule has 0 atom stereocenters. The van der Waals surface area contributed by atoms with E-state index in [-0.39, 0.29) is 18.4 Å². The Morgan fingerprint density at radius 3 is 2.73 bits per heavy atom. The molecular formula is C10H19N3O2. The minimum absolute atomic E-state index is 0.0668. The van der Waals surface area contributed by atoms with Crippen molar-refractivity contribution in [1.29, 1.82) is 0 Å². The lowest BCUT2D eigenvalue weighted by Crippen LogP contribution is -2.47. The van der Waals surface area contributed by atoms with Gasteiger partial charge in [0.2, 0.25) is 11.8 Å². The highest BCUT2D eigenvalue weighted by Gasteiger charge is 2.22. The summed E-state index contributed by atoms with van der Waals surface area (Å²) in [5.74, 6) is -0.0686. The van der Waals surface area contributed by atoms with E-state index in [0.29, 0.717) is 19.5 Å². The molecule has 86 valence electrons. The maximum Gasteiger partial charge on any atom is 0.239 e. The van der Waals surface area contributed by atoms with Crippen LogP contribution in [0.25, 0.3) is 0 Å². The van der Waals surface area contributed by atoms with Gasteiger partial charge in [-0.05, 0) is 20.3 Å². The third-order valence-corrected chi connectivity index (χ3v) is 2.25. The fourth-order valence-electron chi connectivity index (χ4n) is 1.43. The number of carbonyl (C=O) groups excluding carboxylic acids is 2. The van der Waals surface area contributed by atoms with E-state index in [1.54, 1.807) is 4.90 Å². The molecule has 0 spiro atoms. The van der Waals surface area contributed by atoms with Crippen LogP contribution >= 0.6 is 0 Å². The predicted molar refractivity (Wildman–Crippen MR) is 57.1 cm³/mol. The van der Waals surface area contributed by atoms with Crippen LogP contribution in [0.15, 0.2) is 0 Å². The first-order chi connectivity index (χ1) is 6.88. The van der Waals surface area contributed by atoms with E-state index in [9.17, 15) is 9.59 Å². The van der Waals surface area contributed by atoms with Gasteiger partial charge in [-0.25, -0.2) is 0 Å². The number of nitrogens with one attached hydrogen (secondary N) is 1. The molecule has 5 heteroatoms. The van der Waals surface area contributed by atoms with E-state index in [1.165, 1.54) is 0 Å². The minimum Gasteiger partial charge on any atom is -0.353 e. The summed E-state index contributed by atoms with van der Waals surface area (Å²) in [6.45, 7) is 4.96. The summed E-state index contributed by atoms with van der Waals surface area (Å²) < 4.78 is 0. The van der Waals surface area contributed by atoms with Gasteiger partial charge in [0.1, 0.15) is 0 Å². The maximum absolute atomic E-state index is 11.4. The molecule has 0 aromatic carbocycles. The van der Waals surface area contributed by atoms with Crippen molar-refractivity contribution in [2.75, 3.05) is 19.6 Å². The zero-order chi connectivity index (χ0) is 11.5. The van der Waals surface area contributed by atoms with Crippen molar-refractivity contribution in [2.24, 2.45) is 5.73 Å². The third kappa shape index (κ3) is 4.29. The molecule has 15 heavy (non-hydrogen) atoms. The molecule has 0 radical (unpaired) electrons. The highest BCUT2D eigenvalue weighted by atomic mass is 16.2. The molecule has 0 aromatic heterocycles. The van der Waals surface area contributed by atoms with E-state index in [2.05, 4.69) is 5.32 Å². The third-order valence-electron chi connectivity index (χ3n) is 2.25. The topological polar surface area (TPSA) is 75.4 Å². The Hall–Kier alpha value is -1.10. The smallest absolute Gasteiger partial charge is 0.239 e. The van der Waals surface area contributed by atoms with Crippen molar-refractivity contribution < 1.29 is 9.59 Å². The SMILES string of the molecule is CC(C)(N)CNC(=O)CN1CCCC1=O. The van der Waals surface area contributed by atoms with Crippen LogP contribution < -0.4 is 11.1 Å². The molecule has 1 aliphatic rings. The van der Waals surface area contributed by atoms with Crippen LogP contribution in [0.4, 0.5) is 0 Å². The van der Waals surface area contributed by atoms with E-state index < -0.39 is 5.54 Å². The average molecular weight is 213 g/mol. The van der Waals surface area contributed by atoms with E-state index >= 15 is 0 Å². The number of carbonyl (C=O) groups is 2. The van der Waals surface area contributed by atoms with Crippen molar-refractivity contribution in [3.8, 4) is 0 Å². The fraction of sp³-hybridized carbons (Fsp3) is 0.800. The van der Waals surface area contributed by atoms with Gasteiger partial charge in [-0.1, -0.05) is 0 Å². The first kappa shape index (κ1) is 12.0. The molecule has 2 amide bonds. The quantitative estimate of drug-likeness (QED) is 0.658. The van der Waals surface area contributed by atoms with Crippen molar-refractivity contribution >= 4 is 11.8 Å². The molecule has 1 rings (SSSR count). The van der Waals surface area contributed by atoms with Gasteiger partial charge < -0.3 is 16.0 Å². The highest BCUT2D eigenvalue weighted by molar-refractivity contribution is 5.85. The molecule has 3 N–H and O–H groups in total. The van der Waals surface area contributed by atoms with Crippen molar-refractivity contribution in [3.63, 3.8) is 0 Å². The number of hydrogen-bond donors (Lipinski definition) is 2. The summed E-state index contributed by atoms with van der Waals surface area (Å²) in [7, 11) is 0. The summed E-state index contributed by atoms with van der Waals surface area (Å²) in [6, 6.07) is 0. The zero-order valence-corrected chi connectivity index (χ0v) is 9.38. The lowest BCUT2D eigenvalue weighted by atomic mass is 10.1. The van der Waals surface area contributed by atoms with Crippen LogP contribution in [-0.2, 0) is 9.59 Å². The van der Waals surface area contributed by atoms with Gasteiger partial charge in [0, 0.05) is 25.0 Å². The highest BCUT2D eigenvalue weighted by Crippen LogP contribution is 2.08. The summed E-state index contributed by atoms with van der Waals surface area (Å²) in [4.78, 5) is 24.2. The van der Waals surface area contributed by atoms with Gasteiger partial charge in [0.05, 0.1) is 6.54 Å². The Morgan fingerprint density at radius 2 is 2.27 bits per heavy atom. The van der Waals surface area contributed by atoms with Gasteiger partial charge in [-0.15, -0.1) is 0 Å². The molecule has 1 fully saturated rings. The fourth-order valence-corrected chi connectivity index (χ4v) is 1.43.